The Morgan fingerprint density at radius 2 is 2.00 bits per heavy atom. The summed E-state index contributed by atoms with van der Waals surface area (Å²) in [6, 6.07) is 1.98. The van der Waals surface area contributed by atoms with Gasteiger partial charge in [-0.1, -0.05) is 26.7 Å². The van der Waals surface area contributed by atoms with Crippen molar-refractivity contribution in [2.45, 2.75) is 45.4 Å². The maximum Gasteiger partial charge on any atom is 0.346 e. The fourth-order valence-corrected chi connectivity index (χ4v) is 2.79. The monoisotopic (exact) mass is 226 g/mol. The average Bonchev–Trinajstić information content (AvgIpc) is 2.65. The minimum Gasteiger partial charge on any atom is -0.477 e. The Morgan fingerprint density at radius 1 is 1.40 bits per heavy atom. The van der Waals surface area contributed by atoms with Gasteiger partial charge < -0.3 is 5.11 Å². The van der Waals surface area contributed by atoms with Crippen LogP contribution in [-0.4, -0.2) is 11.1 Å². The second-order valence-corrected chi connectivity index (χ2v) is 4.70. The molecule has 0 atom stereocenters. The Kier molecular flexibility index (Phi) is 4.82. The van der Waals surface area contributed by atoms with Gasteiger partial charge in [-0.05, 0) is 35.8 Å². The van der Waals surface area contributed by atoms with Crippen molar-refractivity contribution >= 4 is 17.3 Å². The third-order valence-corrected chi connectivity index (χ3v) is 3.52. The summed E-state index contributed by atoms with van der Waals surface area (Å²) in [7, 11) is 0. The molecule has 0 unspecified atom stereocenters. The van der Waals surface area contributed by atoms with E-state index in [0.29, 0.717) is 10.8 Å². The average molecular weight is 226 g/mol. The summed E-state index contributed by atoms with van der Waals surface area (Å²) in [5.41, 5.74) is 1.04. The number of rotatable bonds is 6. The van der Waals surface area contributed by atoms with Crippen molar-refractivity contribution in [1.82, 2.24) is 0 Å². The Bertz CT molecular complexity index is 311. The number of carboxylic acids is 1. The zero-order valence-electron chi connectivity index (χ0n) is 9.32. The van der Waals surface area contributed by atoms with Gasteiger partial charge in [0.2, 0.25) is 0 Å². The maximum absolute atomic E-state index is 11.0. The van der Waals surface area contributed by atoms with Crippen molar-refractivity contribution < 1.29 is 9.90 Å². The molecule has 0 spiro atoms. The summed E-state index contributed by atoms with van der Waals surface area (Å²) in [5.74, 6) is -0.352. The molecule has 84 valence electrons. The van der Waals surface area contributed by atoms with Crippen LogP contribution in [0.3, 0.4) is 0 Å². The van der Waals surface area contributed by atoms with E-state index in [2.05, 4.69) is 13.8 Å². The van der Waals surface area contributed by atoms with Gasteiger partial charge in [-0.3, -0.25) is 0 Å². The van der Waals surface area contributed by atoms with Crippen molar-refractivity contribution in [3.8, 4) is 0 Å². The van der Waals surface area contributed by atoms with Gasteiger partial charge in [-0.2, -0.15) is 0 Å². The van der Waals surface area contributed by atoms with E-state index in [0.717, 1.165) is 31.2 Å². The normalized spacial score (nSPS) is 10.9. The van der Waals surface area contributed by atoms with Crippen LogP contribution >= 0.6 is 11.3 Å². The van der Waals surface area contributed by atoms with E-state index in [1.165, 1.54) is 11.3 Å². The minimum atomic E-state index is -0.780. The molecule has 0 bridgehead atoms. The zero-order chi connectivity index (χ0) is 11.3. The summed E-state index contributed by atoms with van der Waals surface area (Å²) in [4.78, 5) is 11.5. The van der Waals surface area contributed by atoms with E-state index < -0.39 is 5.97 Å². The molecular formula is C12H18O2S. The van der Waals surface area contributed by atoms with E-state index >= 15 is 0 Å². The van der Waals surface area contributed by atoms with E-state index in [-0.39, 0.29) is 0 Å². The lowest BCUT2D eigenvalue weighted by Gasteiger charge is -2.14. The Hall–Kier alpha value is -0.830. The first-order valence-corrected chi connectivity index (χ1v) is 6.39. The zero-order valence-corrected chi connectivity index (χ0v) is 10.1. The van der Waals surface area contributed by atoms with Gasteiger partial charge >= 0.3 is 5.97 Å². The second-order valence-electron chi connectivity index (χ2n) is 3.78. The van der Waals surface area contributed by atoms with Crippen molar-refractivity contribution in [3.63, 3.8) is 0 Å². The molecular weight excluding hydrogens is 208 g/mol. The first-order valence-electron chi connectivity index (χ1n) is 5.51. The predicted octanol–water partition coefficient (Wildman–Crippen LogP) is 4.13. The molecule has 0 saturated heterocycles. The minimum absolute atomic E-state index is 0.428. The molecule has 3 heteroatoms. The Morgan fingerprint density at radius 3 is 2.47 bits per heavy atom. The maximum atomic E-state index is 11.0. The van der Waals surface area contributed by atoms with Gasteiger partial charge in [-0.15, -0.1) is 11.3 Å². The van der Waals surface area contributed by atoms with Crippen LogP contribution in [0, 0.1) is 0 Å². The molecule has 2 nitrogen and oxygen atoms in total. The van der Waals surface area contributed by atoms with E-state index in [1.807, 2.05) is 11.4 Å². The Balaban J connectivity index is 2.89. The van der Waals surface area contributed by atoms with Gasteiger partial charge in [0.1, 0.15) is 4.88 Å². The Labute approximate surface area is 94.9 Å². The lowest BCUT2D eigenvalue weighted by Crippen LogP contribution is -2.04. The smallest absolute Gasteiger partial charge is 0.346 e. The SMILES string of the molecule is CCCC(CCC)c1ccsc1C(=O)O. The molecule has 1 aromatic rings. The highest BCUT2D eigenvalue weighted by atomic mass is 32.1. The van der Waals surface area contributed by atoms with Crippen LogP contribution < -0.4 is 0 Å². The topological polar surface area (TPSA) is 37.3 Å². The van der Waals surface area contributed by atoms with Crippen LogP contribution in [0.25, 0.3) is 0 Å². The number of carbonyl (C=O) groups is 1. The van der Waals surface area contributed by atoms with Crippen LogP contribution in [0.4, 0.5) is 0 Å². The number of thiophene rings is 1. The second kappa shape index (κ2) is 5.91. The molecule has 1 N–H and O–H groups in total. The molecule has 15 heavy (non-hydrogen) atoms. The molecule has 1 aromatic heterocycles. The van der Waals surface area contributed by atoms with E-state index in [1.54, 1.807) is 0 Å². The van der Waals surface area contributed by atoms with Crippen molar-refractivity contribution in [2.75, 3.05) is 0 Å². The van der Waals surface area contributed by atoms with Crippen LogP contribution in [0.2, 0.25) is 0 Å². The first-order chi connectivity index (χ1) is 7.20. The van der Waals surface area contributed by atoms with Crippen LogP contribution in [0.1, 0.15) is 60.7 Å². The van der Waals surface area contributed by atoms with Gasteiger partial charge in [0.15, 0.2) is 0 Å². The first kappa shape index (κ1) is 12.2. The summed E-state index contributed by atoms with van der Waals surface area (Å²) >= 11 is 1.34. The molecule has 0 aliphatic heterocycles. The number of aromatic carboxylic acids is 1. The summed E-state index contributed by atoms with van der Waals surface area (Å²) in [5, 5.41) is 10.9. The van der Waals surface area contributed by atoms with Gasteiger partial charge in [-0.25, -0.2) is 4.79 Å². The lowest BCUT2D eigenvalue weighted by atomic mass is 9.91. The fourth-order valence-electron chi connectivity index (χ4n) is 1.97. The number of carboxylic acid groups (broad SMARTS) is 1. The highest BCUT2D eigenvalue weighted by Gasteiger charge is 2.18. The van der Waals surface area contributed by atoms with Gasteiger partial charge in [0.25, 0.3) is 0 Å². The molecule has 0 aliphatic rings. The number of hydrogen-bond donors (Lipinski definition) is 1. The highest BCUT2D eigenvalue weighted by Crippen LogP contribution is 2.31. The van der Waals surface area contributed by atoms with Crippen molar-refractivity contribution in [2.24, 2.45) is 0 Å². The van der Waals surface area contributed by atoms with Crippen LogP contribution in [0.5, 0.6) is 0 Å². The molecule has 0 amide bonds. The summed E-state index contributed by atoms with van der Waals surface area (Å²) in [6.07, 6.45) is 4.40. The standard InChI is InChI=1S/C12H18O2S/c1-3-5-9(6-4-2)10-7-8-15-11(10)12(13)14/h7-9H,3-6H2,1-2H3,(H,13,14). The van der Waals surface area contributed by atoms with Crippen LogP contribution in [0.15, 0.2) is 11.4 Å². The molecule has 1 rings (SSSR count). The quantitative estimate of drug-likeness (QED) is 0.791. The molecule has 0 saturated carbocycles. The molecule has 0 radical (unpaired) electrons. The van der Waals surface area contributed by atoms with Crippen LogP contribution in [-0.2, 0) is 0 Å². The van der Waals surface area contributed by atoms with Gasteiger partial charge in [0.05, 0.1) is 0 Å². The third kappa shape index (κ3) is 3.06. The molecule has 1 heterocycles. The summed E-state index contributed by atoms with van der Waals surface area (Å²) in [6.45, 7) is 4.30. The predicted molar refractivity (Wildman–Crippen MR) is 63.8 cm³/mol. The summed E-state index contributed by atoms with van der Waals surface area (Å²) < 4.78 is 0. The lowest BCUT2D eigenvalue weighted by molar-refractivity contribution is 0.0700. The van der Waals surface area contributed by atoms with E-state index in [4.69, 9.17) is 5.11 Å². The largest absolute Gasteiger partial charge is 0.477 e. The molecule has 0 aliphatic carbocycles. The van der Waals surface area contributed by atoms with Crippen molar-refractivity contribution in [1.29, 1.82) is 0 Å². The van der Waals surface area contributed by atoms with E-state index in [9.17, 15) is 4.79 Å². The fraction of sp³-hybridized carbons (Fsp3) is 0.583. The number of hydrogen-bond acceptors (Lipinski definition) is 2. The highest BCUT2D eigenvalue weighted by molar-refractivity contribution is 7.12. The third-order valence-electron chi connectivity index (χ3n) is 2.60. The van der Waals surface area contributed by atoms with Crippen molar-refractivity contribution in [3.05, 3.63) is 21.9 Å². The van der Waals surface area contributed by atoms with Gasteiger partial charge in [0, 0.05) is 0 Å². The molecule has 0 fully saturated rings. The molecule has 0 aromatic carbocycles.